The van der Waals surface area contributed by atoms with Crippen LogP contribution in [0.4, 0.5) is 0 Å². The molecule has 0 unspecified atom stereocenters. The van der Waals surface area contributed by atoms with Gasteiger partial charge >= 0.3 is 0 Å². The maximum atomic E-state index is 13.1. The van der Waals surface area contributed by atoms with E-state index in [1.54, 1.807) is 28.4 Å². The molecule has 29 heavy (non-hydrogen) atoms. The predicted molar refractivity (Wildman–Crippen MR) is 110 cm³/mol. The van der Waals surface area contributed by atoms with Crippen LogP contribution in [0.1, 0.15) is 37.1 Å². The number of nitrogens with two attached hydrogens (primary N) is 1. The summed E-state index contributed by atoms with van der Waals surface area (Å²) >= 11 is 0. The normalized spacial score (nSPS) is 24.1. The second-order valence-electron chi connectivity index (χ2n) is 7.45. The average Bonchev–Trinajstić information content (AvgIpc) is 2.76. The molecule has 0 amide bonds. The van der Waals surface area contributed by atoms with Crippen LogP contribution in [0.25, 0.3) is 0 Å². The number of hydrogen-bond acceptors (Lipinski definition) is 5. The molecule has 2 aromatic carbocycles. The third-order valence-electron chi connectivity index (χ3n) is 5.97. The van der Waals surface area contributed by atoms with Crippen molar-refractivity contribution in [3.8, 4) is 23.0 Å². The third kappa shape index (κ3) is 3.90. The standard InChI is InChI=1S/C23H29NO5/c1-13-21(15-7-9-17(26-3)19(11-15)28-5)24-22(14(2)23(13)25)16-8-10-18(27-4)20(12-16)29-6/h7-14,21-22,24H,1-6H3/p+1/t13-,14-,21-,22+/m0/s1. The molecule has 6 nitrogen and oxygen atoms in total. The molecule has 1 aliphatic rings. The predicted octanol–water partition coefficient (Wildman–Crippen LogP) is 2.92. The van der Waals surface area contributed by atoms with Crippen molar-refractivity contribution in [2.75, 3.05) is 28.4 Å². The van der Waals surface area contributed by atoms with Crippen molar-refractivity contribution in [2.45, 2.75) is 25.9 Å². The van der Waals surface area contributed by atoms with Gasteiger partial charge in [-0.15, -0.1) is 0 Å². The summed E-state index contributed by atoms with van der Waals surface area (Å²) in [4.78, 5) is 13.1. The number of carbonyl (C=O) groups excluding carboxylic acids is 1. The van der Waals surface area contributed by atoms with Crippen molar-refractivity contribution in [1.29, 1.82) is 0 Å². The average molecular weight is 400 g/mol. The number of ether oxygens (including phenoxy) is 4. The molecule has 1 heterocycles. The molecule has 1 fully saturated rings. The minimum absolute atomic E-state index is 0.0170. The Bertz CT molecular complexity index is 812. The molecule has 0 bridgehead atoms. The van der Waals surface area contributed by atoms with Gasteiger partial charge in [0.2, 0.25) is 0 Å². The fraction of sp³-hybridized carbons (Fsp3) is 0.435. The molecule has 2 aromatic rings. The summed E-state index contributed by atoms with van der Waals surface area (Å²) in [6.07, 6.45) is 0. The zero-order valence-corrected chi connectivity index (χ0v) is 17.9. The molecule has 156 valence electrons. The van der Waals surface area contributed by atoms with Crippen LogP contribution in [-0.4, -0.2) is 34.2 Å². The summed E-state index contributed by atoms with van der Waals surface area (Å²) < 4.78 is 21.6. The van der Waals surface area contributed by atoms with Gasteiger partial charge in [0.1, 0.15) is 12.1 Å². The number of hydrogen-bond donors (Lipinski definition) is 1. The second kappa shape index (κ2) is 8.74. The lowest BCUT2D eigenvalue weighted by Crippen LogP contribution is -2.91. The maximum absolute atomic E-state index is 13.1. The summed E-state index contributed by atoms with van der Waals surface area (Å²) in [5, 5.41) is 2.28. The molecular formula is C23H30NO5+. The monoisotopic (exact) mass is 400 g/mol. The number of ketones is 1. The van der Waals surface area contributed by atoms with E-state index >= 15 is 0 Å². The first-order chi connectivity index (χ1) is 13.9. The van der Waals surface area contributed by atoms with Crippen LogP contribution in [0.2, 0.25) is 0 Å². The minimum Gasteiger partial charge on any atom is -0.493 e. The van der Waals surface area contributed by atoms with Crippen LogP contribution < -0.4 is 24.3 Å². The number of carbonyl (C=O) groups is 1. The van der Waals surface area contributed by atoms with Gasteiger partial charge in [-0.3, -0.25) is 4.79 Å². The van der Waals surface area contributed by atoms with Crippen molar-refractivity contribution >= 4 is 5.78 Å². The van der Waals surface area contributed by atoms with Crippen LogP contribution in [0.3, 0.4) is 0 Å². The number of methoxy groups -OCH3 is 4. The molecule has 0 radical (unpaired) electrons. The van der Waals surface area contributed by atoms with E-state index in [0.29, 0.717) is 23.0 Å². The van der Waals surface area contributed by atoms with Gasteiger partial charge in [-0.2, -0.15) is 0 Å². The smallest absolute Gasteiger partial charge is 0.161 e. The quantitative estimate of drug-likeness (QED) is 0.807. The molecule has 1 saturated heterocycles. The zero-order valence-electron chi connectivity index (χ0n) is 17.9. The Morgan fingerprint density at radius 1 is 0.655 bits per heavy atom. The van der Waals surface area contributed by atoms with Crippen molar-refractivity contribution < 1.29 is 29.1 Å². The largest absolute Gasteiger partial charge is 0.493 e. The Kier molecular flexibility index (Phi) is 6.33. The van der Waals surface area contributed by atoms with Crippen molar-refractivity contribution in [2.24, 2.45) is 11.8 Å². The number of rotatable bonds is 6. The van der Waals surface area contributed by atoms with Crippen molar-refractivity contribution in [3.05, 3.63) is 47.5 Å². The lowest BCUT2D eigenvalue weighted by Gasteiger charge is -2.36. The fourth-order valence-corrected chi connectivity index (χ4v) is 4.25. The lowest BCUT2D eigenvalue weighted by molar-refractivity contribution is -0.748. The van der Waals surface area contributed by atoms with Gasteiger partial charge in [-0.05, 0) is 50.2 Å². The van der Waals surface area contributed by atoms with Crippen LogP contribution >= 0.6 is 0 Å². The van der Waals surface area contributed by atoms with Gasteiger partial charge < -0.3 is 24.3 Å². The zero-order chi connectivity index (χ0) is 21.1. The van der Waals surface area contributed by atoms with E-state index in [1.807, 2.05) is 50.2 Å². The van der Waals surface area contributed by atoms with E-state index in [4.69, 9.17) is 18.9 Å². The van der Waals surface area contributed by atoms with E-state index in [2.05, 4.69) is 5.32 Å². The van der Waals surface area contributed by atoms with E-state index in [1.165, 1.54) is 0 Å². The molecular weight excluding hydrogens is 370 g/mol. The van der Waals surface area contributed by atoms with E-state index in [0.717, 1.165) is 11.1 Å². The van der Waals surface area contributed by atoms with Crippen LogP contribution in [-0.2, 0) is 4.79 Å². The van der Waals surface area contributed by atoms with E-state index in [-0.39, 0.29) is 29.7 Å². The SMILES string of the molecule is COc1ccc([C@H]2[NH2+][C@@H](c3ccc(OC)c(OC)c3)[C@H](C)C(=O)[C@H]2C)cc1OC. The van der Waals surface area contributed by atoms with Crippen LogP contribution in [0, 0.1) is 11.8 Å². The first-order valence-corrected chi connectivity index (χ1v) is 9.77. The van der Waals surface area contributed by atoms with Gasteiger partial charge in [0.15, 0.2) is 28.8 Å². The molecule has 2 N–H and O–H groups in total. The van der Waals surface area contributed by atoms with E-state index < -0.39 is 0 Å². The van der Waals surface area contributed by atoms with E-state index in [9.17, 15) is 4.79 Å². The Morgan fingerprint density at radius 2 is 1.03 bits per heavy atom. The highest BCUT2D eigenvalue weighted by Crippen LogP contribution is 2.38. The number of quaternary nitrogens is 1. The van der Waals surface area contributed by atoms with Crippen molar-refractivity contribution in [3.63, 3.8) is 0 Å². The number of Topliss-reactive ketones (excluding diaryl/α,β-unsaturated/α-hetero) is 1. The minimum atomic E-state index is -0.112. The summed E-state index contributed by atoms with van der Waals surface area (Å²) in [5.41, 5.74) is 2.08. The molecule has 6 heteroatoms. The van der Waals surface area contributed by atoms with Gasteiger partial charge in [0.05, 0.1) is 40.3 Å². The Balaban J connectivity index is 1.98. The number of benzene rings is 2. The summed E-state index contributed by atoms with van der Waals surface area (Å²) in [5.74, 6) is 2.72. The maximum Gasteiger partial charge on any atom is 0.161 e. The first kappa shape index (κ1) is 21.0. The lowest BCUT2D eigenvalue weighted by atomic mass is 9.76. The summed E-state index contributed by atoms with van der Waals surface area (Å²) in [6, 6.07) is 11.7. The Morgan fingerprint density at radius 3 is 1.38 bits per heavy atom. The van der Waals surface area contributed by atoms with Gasteiger partial charge in [-0.1, -0.05) is 0 Å². The highest BCUT2D eigenvalue weighted by atomic mass is 16.5. The highest BCUT2D eigenvalue weighted by molar-refractivity contribution is 5.84. The Labute approximate surface area is 172 Å². The molecule has 1 aliphatic heterocycles. The third-order valence-corrected chi connectivity index (χ3v) is 5.97. The molecule has 0 aromatic heterocycles. The van der Waals surface area contributed by atoms with Gasteiger partial charge in [0.25, 0.3) is 0 Å². The van der Waals surface area contributed by atoms with Crippen LogP contribution in [0.5, 0.6) is 23.0 Å². The summed E-state index contributed by atoms with van der Waals surface area (Å²) in [7, 11) is 6.47. The van der Waals surface area contributed by atoms with Gasteiger partial charge in [0, 0.05) is 11.1 Å². The topological polar surface area (TPSA) is 70.6 Å². The fourth-order valence-electron chi connectivity index (χ4n) is 4.25. The highest BCUT2D eigenvalue weighted by Gasteiger charge is 2.44. The molecule has 3 rings (SSSR count). The van der Waals surface area contributed by atoms with Crippen LogP contribution in [0.15, 0.2) is 36.4 Å². The Hall–Kier alpha value is -2.73. The molecule has 0 saturated carbocycles. The molecule has 0 spiro atoms. The first-order valence-electron chi connectivity index (χ1n) is 9.77. The second-order valence-corrected chi connectivity index (χ2v) is 7.45. The van der Waals surface area contributed by atoms with Crippen molar-refractivity contribution in [1.82, 2.24) is 0 Å². The summed E-state index contributed by atoms with van der Waals surface area (Å²) in [6.45, 7) is 4.00. The molecule has 4 atom stereocenters. The molecule has 0 aliphatic carbocycles. The number of piperidine rings is 1. The van der Waals surface area contributed by atoms with Gasteiger partial charge in [-0.25, -0.2) is 0 Å².